The SMILES string of the molecule is CCC(CC)(CN)NS(=O)(=O)c1sc(C(=O)OC)cc1OC. The second-order valence-electron chi connectivity index (χ2n) is 4.76. The molecular formula is C13H22N2O5S2. The fraction of sp³-hybridized carbons (Fsp3) is 0.615. The molecule has 126 valence electrons. The summed E-state index contributed by atoms with van der Waals surface area (Å²) in [6.45, 7) is 3.91. The van der Waals surface area contributed by atoms with Crippen LogP contribution in [0.4, 0.5) is 0 Å². The van der Waals surface area contributed by atoms with Crippen LogP contribution in [0.15, 0.2) is 10.3 Å². The first-order chi connectivity index (χ1) is 10.3. The van der Waals surface area contributed by atoms with Gasteiger partial charge in [0.25, 0.3) is 10.0 Å². The van der Waals surface area contributed by atoms with E-state index in [1.807, 2.05) is 13.8 Å². The number of ether oxygens (including phenoxy) is 2. The molecule has 1 aromatic heterocycles. The molecule has 0 saturated carbocycles. The fourth-order valence-electron chi connectivity index (χ4n) is 1.94. The maximum absolute atomic E-state index is 12.6. The summed E-state index contributed by atoms with van der Waals surface area (Å²) in [4.78, 5) is 11.7. The van der Waals surface area contributed by atoms with Gasteiger partial charge in [-0.1, -0.05) is 13.8 Å². The van der Waals surface area contributed by atoms with Gasteiger partial charge in [-0.2, -0.15) is 0 Å². The molecule has 0 spiro atoms. The third-order valence-corrected chi connectivity index (χ3v) is 6.80. The van der Waals surface area contributed by atoms with Crippen molar-refractivity contribution in [3.05, 3.63) is 10.9 Å². The molecule has 0 amide bonds. The first kappa shape index (κ1) is 18.9. The number of esters is 1. The third kappa shape index (κ3) is 3.78. The van der Waals surface area contributed by atoms with E-state index in [-0.39, 0.29) is 21.4 Å². The summed E-state index contributed by atoms with van der Waals surface area (Å²) in [5.74, 6) is -0.503. The molecule has 7 nitrogen and oxygen atoms in total. The lowest BCUT2D eigenvalue weighted by molar-refractivity contribution is 0.0606. The Morgan fingerprint density at radius 1 is 1.36 bits per heavy atom. The van der Waals surface area contributed by atoms with Gasteiger partial charge in [-0.05, 0) is 12.8 Å². The smallest absolute Gasteiger partial charge is 0.348 e. The minimum Gasteiger partial charge on any atom is -0.494 e. The van der Waals surface area contributed by atoms with E-state index in [2.05, 4.69) is 9.46 Å². The average molecular weight is 350 g/mol. The molecule has 0 unspecified atom stereocenters. The van der Waals surface area contributed by atoms with Crippen LogP contribution in [0.2, 0.25) is 0 Å². The number of hydrogen-bond acceptors (Lipinski definition) is 7. The molecule has 0 aliphatic heterocycles. The molecule has 0 aliphatic carbocycles. The van der Waals surface area contributed by atoms with Crippen molar-refractivity contribution in [2.75, 3.05) is 20.8 Å². The van der Waals surface area contributed by atoms with Gasteiger partial charge in [-0.25, -0.2) is 17.9 Å². The van der Waals surface area contributed by atoms with Crippen LogP contribution in [0.3, 0.4) is 0 Å². The van der Waals surface area contributed by atoms with E-state index >= 15 is 0 Å². The van der Waals surface area contributed by atoms with Crippen molar-refractivity contribution < 1.29 is 22.7 Å². The molecule has 0 aromatic carbocycles. The molecule has 0 saturated heterocycles. The summed E-state index contributed by atoms with van der Waals surface area (Å²) in [5.41, 5.74) is 5.01. The second-order valence-corrected chi connectivity index (χ2v) is 7.68. The third-order valence-electron chi connectivity index (χ3n) is 3.61. The van der Waals surface area contributed by atoms with E-state index in [0.29, 0.717) is 12.8 Å². The molecule has 0 radical (unpaired) electrons. The summed E-state index contributed by atoms with van der Waals surface area (Å²) < 4.78 is 37.5. The summed E-state index contributed by atoms with van der Waals surface area (Å²) in [6.07, 6.45) is 1.10. The summed E-state index contributed by atoms with van der Waals surface area (Å²) in [5, 5.41) is 0. The van der Waals surface area contributed by atoms with E-state index in [1.165, 1.54) is 20.3 Å². The molecule has 1 heterocycles. The van der Waals surface area contributed by atoms with Crippen LogP contribution in [0.5, 0.6) is 5.75 Å². The van der Waals surface area contributed by atoms with Crippen molar-refractivity contribution in [1.29, 1.82) is 0 Å². The molecule has 22 heavy (non-hydrogen) atoms. The van der Waals surface area contributed by atoms with Crippen LogP contribution in [0.1, 0.15) is 36.4 Å². The molecule has 0 aliphatic rings. The molecule has 1 aromatic rings. The van der Waals surface area contributed by atoms with Crippen molar-refractivity contribution in [2.24, 2.45) is 5.73 Å². The fourth-order valence-corrected chi connectivity index (χ4v) is 4.99. The van der Waals surface area contributed by atoms with Crippen molar-refractivity contribution in [3.8, 4) is 5.75 Å². The quantitative estimate of drug-likeness (QED) is 0.685. The number of rotatable bonds is 8. The normalized spacial score (nSPS) is 12.2. The topological polar surface area (TPSA) is 108 Å². The molecule has 0 bridgehead atoms. The van der Waals surface area contributed by atoms with E-state index < -0.39 is 21.5 Å². The van der Waals surface area contributed by atoms with E-state index in [9.17, 15) is 13.2 Å². The van der Waals surface area contributed by atoms with Gasteiger partial charge in [0.05, 0.1) is 14.2 Å². The molecule has 9 heteroatoms. The van der Waals surface area contributed by atoms with Gasteiger partial charge < -0.3 is 15.2 Å². The Bertz CT molecular complexity index is 612. The Kier molecular flexibility index (Phi) is 6.36. The molecule has 0 atom stereocenters. The molecule has 1 rings (SSSR count). The lowest BCUT2D eigenvalue weighted by Gasteiger charge is -2.30. The van der Waals surface area contributed by atoms with Gasteiger partial charge in [0.1, 0.15) is 4.88 Å². The maximum Gasteiger partial charge on any atom is 0.348 e. The number of nitrogens with one attached hydrogen (secondary N) is 1. The highest BCUT2D eigenvalue weighted by Gasteiger charge is 2.34. The highest BCUT2D eigenvalue weighted by Crippen LogP contribution is 2.34. The number of carbonyl (C=O) groups excluding carboxylic acids is 1. The monoisotopic (exact) mass is 350 g/mol. The van der Waals surface area contributed by atoms with E-state index in [0.717, 1.165) is 11.3 Å². The zero-order valence-corrected chi connectivity index (χ0v) is 14.8. The lowest BCUT2D eigenvalue weighted by atomic mass is 9.95. The van der Waals surface area contributed by atoms with Crippen molar-refractivity contribution in [1.82, 2.24) is 4.72 Å². The average Bonchev–Trinajstić information content (AvgIpc) is 2.97. The molecular weight excluding hydrogens is 328 g/mol. The van der Waals surface area contributed by atoms with Gasteiger partial charge in [0, 0.05) is 18.2 Å². The Labute approximate surface area is 134 Å². The summed E-state index contributed by atoms with van der Waals surface area (Å²) in [6, 6.07) is 1.35. The number of sulfonamides is 1. The summed E-state index contributed by atoms with van der Waals surface area (Å²) >= 11 is 0.805. The minimum atomic E-state index is -3.86. The first-order valence-electron chi connectivity index (χ1n) is 6.79. The Morgan fingerprint density at radius 3 is 2.36 bits per heavy atom. The van der Waals surface area contributed by atoms with Gasteiger partial charge >= 0.3 is 5.97 Å². The first-order valence-corrected chi connectivity index (χ1v) is 9.09. The maximum atomic E-state index is 12.6. The molecule has 0 fully saturated rings. The Balaban J connectivity index is 3.28. The summed E-state index contributed by atoms with van der Waals surface area (Å²) in [7, 11) is -1.29. The number of thiophene rings is 1. The highest BCUT2D eigenvalue weighted by atomic mass is 32.2. The van der Waals surface area contributed by atoms with E-state index in [1.54, 1.807) is 0 Å². The second kappa shape index (κ2) is 7.40. The van der Waals surface area contributed by atoms with Gasteiger partial charge in [-0.15, -0.1) is 11.3 Å². The van der Waals surface area contributed by atoms with Crippen LogP contribution in [-0.4, -0.2) is 40.7 Å². The van der Waals surface area contributed by atoms with Crippen molar-refractivity contribution in [2.45, 2.75) is 36.4 Å². The number of nitrogens with two attached hydrogens (primary N) is 1. The van der Waals surface area contributed by atoms with E-state index in [4.69, 9.17) is 10.5 Å². The minimum absolute atomic E-state index is 0.0601. The van der Waals surface area contributed by atoms with Crippen molar-refractivity contribution >= 4 is 27.3 Å². The zero-order chi connectivity index (χ0) is 17.0. The largest absolute Gasteiger partial charge is 0.494 e. The van der Waals surface area contributed by atoms with Gasteiger partial charge in [-0.3, -0.25) is 0 Å². The Morgan fingerprint density at radius 2 is 1.95 bits per heavy atom. The van der Waals surface area contributed by atoms with Crippen LogP contribution in [-0.2, 0) is 14.8 Å². The van der Waals surface area contributed by atoms with Crippen LogP contribution in [0.25, 0.3) is 0 Å². The Hall–Kier alpha value is -1.16. The number of hydrogen-bond donors (Lipinski definition) is 2. The van der Waals surface area contributed by atoms with Crippen LogP contribution >= 0.6 is 11.3 Å². The highest BCUT2D eigenvalue weighted by molar-refractivity contribution is 7.91. The standard InChI is InChI=1S/C13H22N2O5S2/c1-5-13(6-2,8-14)15-22(17,18)12-9(19-3)7-10(21-12)11(16)20-4/h7,15H,5-6,8,14H2,1-4H3. The predicted molar refractivity (Wildman–Crippen MR) is 84.9 cm³/mol. The predicted octanol–water partition coefficient (Wildman–Crippen LogP) is 1.34. The van der Waals surface area contributed by atoms with Gasteiger partial charge in [0.15, 0.2) is 9.96 Å². The number of carbonyl (C=O) groups is 1. The van der Waals surface area contributed by atoms with Crippen molar-refractivity contribution in [3.63, 3.8) is 0 Å². The van der Waals surface area contributed by atoms with Crippen LogP contribution < -0.4 is 15.2 Å². The van der Waals surface area contributed by atoms with Crippen LogP contribution in [0, 0.1) is 0 Å². The lowest BCUT2D eigenvalue weighted by Crippen LogP contribution is -2.52. The number of methoxy groups -OCH3 is 2. The van der Waals surface area contributed by atoms with Gasteiger partial charge in [0.2, 0.25) is 0 Å². The zero-order valence-electron chi connectivity index (χ0n) is 13.1. The molecule has 3 N–H and O–H groups in total.